The van der Waals surface area contributed by atoms with Gasteiger partial charge in [0.2, 0.25) is 0 Å². The number of halogens is 1. The highest BCUT2D eigenvalue weighted by Crippen LogP contribution is 2.15. The van der Waals surface area contributed by atoms with Gasteiger partial charge in [-0.25, -0.2) is 4.39 Å². The zero-order valence-corrected chi connectivity index (χ0v) is 14.3. The fourth-order valence-electron chi connectivity index (χ4n) is 2.15. The molecule has 6 nitrogen and oxygen atoms in total. The summed E-state index contributed by atoms with van der Waals surface area (Å²) in [5.74, 6) is -1.89. The number of carbonyl (C=O) groups excluding carboxylic acids is 1. The minimum Gasteiger partial charge on any atom is -0.480 e. The third-order valence-corrected chi connectivity index (χ3v) is 3.18. The van der Waals surface area contributed by atoms with Gasteiger partial charge in [-0.1, -0.05) is 13.8 Å². The van der Waals surface area contributed by atoms with E-state index in [1.54, 1.807) is 0 Å². The van der Waals surface area contributed by atoms with Gasteiger partial charge in [0.05, 0.1) is 19.8 Å². The summed E-state index contributed by atoms with van der Waals surface area (Å²) in [5.41, 5.74) is 0.486. The summed E-state index contributed by atoms with van der Waals surface area (Å²) in [5, 5.41) is 8.97. The van der Waals surface area contributed by atoms with Crippen molar-refractivity contribution in [2.45, 2.75) is 20.5 Å². The molecule has 0 aliphatic rings. The molecule has 0 fully saturated rings. The van der Waals surface area contributed by atoms with Gasteiger partial charge in [-0.2, -0.15) is 0 Å². The van der Waals surface area contributed by atoms with E-state index in [4.69, 9.17) is 14.6 Å². The number of aliphatic carboxylic acids is 1. The molecule has 134 valence electrons. The molecule has 1 amide bonds. The quantitative estimate of drug-likeness (QED) is 0.660. The number of rotatable bonds is 10. The molecule has 1 aromatic carbocycles. The zero-order valence-electron chi connectivity index (χ0n) is 14.3. The van der Waals surface area contributed by atoms with Crippen LogP contribution in [0.4, 0.5) is 4.39 Å². The fraction of sp³-hybridized carbons (Fsp3) is 0.529. The van der Waals surface area contributed by atoms with Crippen LogP contribution >= 0.6 is 0 Å². The largest absolute Gasteiger partial charge is 0.480 e. The van der Waals surface area contributed by atoms with Crippen molar-refractivity contribution in [2.75, 3.05) is 33.4 Å². The zero-order chi connectivity index (χ0) is 18.1. The Morgan fingerprint density at radius 3 is 2.58 bits per heavy atom. The van der Waals surface area contributed by atoms with Gasteiger partial charge in [0, 0.05) is 24.8 Å². The first-order valence-electron chi connectivity index (χ1n) is 7.71. The molecule has 0 heterocycles. The first-order valence-corrected chi connectivity index (χ1v) is 7.71. The first-order chi connectivity index (χ1) is 11.3. The van der Waals surface area contributed by atoms with Crippen LogP contribution in [0.3, 0.4) is 0 Å². The van der Waals surface area contributed by atoms with Crippen LogP contribution in [0, 0.1) is 11.7 Å². The number of carboxylic acids is 1. The SMILES string of the molecule is COCCOCc1cc(C(=O)N(CC(=O)O)CC(C)C)ccc1F. The molecule has 0 saturated heterocycles. The number of carboxylic acid groups (broad SMARTS) is 1. The Morgan fingerprint density at radius 1 is 1.29 bits per heavy atom. The third kappa shape index (κ3) is 6.64. The second-order valence-corrected chi connectivity index (χ2v) is 5.82. The van der Waals surface area contributed by atoms with E-state index in [-0.39, 0.29) is 23.7 Å². The monoisotopic (exact) mass is 341 g/mol. The molecule has 0 saturated carbocycles. The molecule has 24 heavy (non-hydrogen) atoms. The van der Waals surface area contributed by atoms with Crippen LogP contribution < -0.4 is 0 Å². The number of hydrogen-bond acceptors (Lipinski definition) is 4. The number of carbonyl (C=O) groups is 2. The maximum absolute atomic E-state index is 13.8. The first kappa shape index (κ1) is 20.1. The summed E-state index contributed by atoms with van der Waals surface area (Å²) in [4.78, 5) is 24.7. The van der Waals surface area contributed by atoms with Crippen molar-refractivity contribution >= 4 is 11.9 Å². The van der Waals surface area contributed by atoms with Crippen LogP contribution in [0.2, 0.25) is 0 Å². The van der Waals surface area contributed by atoms with Crippen LogP contribution in [0.15, 0.2) is 18.2 Å². The Morgan fingerprint density at radius 2 is 2.00 bits per heavy atom. The normalized spacial score (nSPS) is 10.9. The van der Waals surface area contributed by atoms with Gasteiger partial charge >= 0.3 is 5.97 Å². The van der Waals surface area contributed by atoms with Crippen molar-refractivity contribution in [3.05, 3.63) is 35.1 Å². The maximum atomic E-state index is 13.8. The molecule has 0 atom stereocenters. The minimum absolute atomic E-state index is 0.0133. The van der Waals surface area contributed by atoms with Crippen molar-refractivity contribution in [2.24, 2.45) is 5.92 Å². The highest BCUT2D eigenvalue weighted by Gasteiger charge is 2.20. The highest BCUT2D eigenvalue weighted by molar-refractivity contribution is 5.96. The average molecular weight is 341 g/mol. The molecular formula is C17H24FNO5. The van der Waals surface area contributed by atoms with Crippen molar-refractivity contribution in [1.29, 1.82) is 0 Å². The van der Waals surface area contributed by atoms with E-state index >= 15 is 0 Å². The van der Waals surface area contributed by atoms with Gasteiger partial charge in [0.15, 0.2) is 0 Å². The van der Waals surface area contributed by atoms with Crippen molar-refractivity contribution < 1.29 is 28.6 Å². The lowest BCUT2D eigenvalue weighted by Crippen LogP contribution is -2.38. The number of ether oxygens (including phenoxy) is 2. The second-order valence-electron chi connectivity index (χ2n) is 5.82. The van der Waals surface area contributed by atoms with E-state index in [9.17, 15) is 14.0 Å². The Bertz CT molecular complexity index is 562. The van der Waals surface area contributed by atoms with E-state index < -0.39 is 24.2 Å². The summed E-state index contributed by atoms with van der Waals surface area (Å²) in [6.07, 6.45) is 0. The van der Waals surface area contributed by atoms with Crippen LogP contribution in [-0.2, 0) is 20.9 Å². The molecule has 0 aliphatic heterocycles. The molecule has 0 spiro atoms. The summed E-state index contributed by atoms with van der Waals surface area (Å²) in [6.45, 7) is 4.41. The van der Waals surface area contributed by atoms with Crippen molar-refractivity contribution in [3.8, 4) is 0 Å². The molecule has 0 aliphatic carbocycles. The summed E-state index contributed by atoms with van der Waals surface area (Å²) < 4.78 is 24.0. The van der Waals surface area contributed by atoms with Crippen molar-refractivity contribution in [1.82, 2.24) is 4.90 Å². The number of nitrogens with zero attached hydrogens (tertiary/aromatic N) is 1. The van der Waals surface area contributed by atoms with Crippen LogP contribution in [0.25, 0.3) is 0 Å². The Balaban J connectivity index is 2.89. The lowest BCUT2D eigenvalue weighted by Gasteiger charge is -2.23. The molecule has 1 rings (SSSR count). The Hall–Kier alpha value is -1.99. The highest BCUT2D eigenvalue weighted by atomic mass is 19.1. The van der Waals surface area contributed by atoms with Gasteiger partial charge in [-0.05, 0) is 24.1 Å². The molecular weight excluding hydrogens is 317 g/mol. The van der Waals surface area contributed by atoms with Crippen LogP contribution in [0.5, 0.6) is 0 Å². The van der Waals surface area contributed by atoms with Gasteiger partial charge in [0.25, 0.3) is 5.91 Å². The second kappa shape index (κ2) is 10.00. The number of methoxy groups -OCH3 is 1. The Labute approximate surface area is 141 Å². The lowest BCUT2D eigenvalue weighted by molar-refractivity contribution is -0.137. The fourth-order valence-corrected chi connectivity index (χ4v) is 2.15. The smallest absolute Gasteiger partial charge is 0.323 e. The predicted octanol–water partition coefficient (Wildman–Crippen LogP) is 2.17. The molecule has 0 radical (unpaired) electrons. The molecule has 0 bridgehead atoms. The van der Waals surface area contributed by atoms with E-state index in [0.717, 1.165) is 0 Å². The number of hydrogen-bond donors (Lipinski definition) is 1. The van der Waals surface area contributed by atoms with Gasteiger partial charge < -0.3 is 19.5 Å². The lowest BCUT2D eigenvalue weighted by atomic mass is 10.1. The van der Waals surface area contributed by atoms with E-state index in [1.165, 1.54) is 30.2 Å². The molecule has 1 aromatic rings. The molecule has 7 heteroatoms. The summed E-state index contributed by atoms with van der Waals surface area (Å²) in [7, 11) is 1.54. The summed E-state index contributed by atoms with van der Waals surface area (Å²) >= 11 is 0. The third-order valence-electron chi connectivity index (χ3n) is 3.18. The van der Waals surface area contributed by atoms with E-state index in [1.807, 2.05) is 13.8 Å². The van der Waals surface area contributed by atoms with Crippen LogP contribution in [0.1, 0.15) is 29.8 Å². The minimum atomic E-state index is -1.09. The molecule has 1 N–H and O–H groups in total. The topological polar surface area (TPSA) is 76.1 Å². The average Bonchev–Trinajstić information content (AvgIpc) is 2.51. The summed E-state index contributed by atoms with van der Waals surface area (Å²) in [6, 6.07) is 3.95. The van der Waals surface area contributed by atoms with Gasteiger partial charge in [-0.3, -0.25) is 9.59 Å². The van der Waals surface area contributed by atoms with E-state index in [0.29, 0.717) is 19.8 Å². The Kier molecular flexibility index (Phi) is 8.35. The van der Waals surface area contributed by atoms with Crippen LogP contribution in [-0.4, -0.2) is 55.3 Å². The number of amides is 1. The predicted molar refractivity (Wildman–Crippen MR) is 86.3 cm³/mol. The van der Waals surface area contributed by atoms with E-state index in [2.05, 4.69) is 0 Å². The molecule has 0 unspecified atom stereocenters. The maximum Gasteiger partial charge on any atom is 0.323 e. The molecule has 0 aromatic heterocycles. The number of benzene rings is 1. The standard InChI is InChI=1S/C17H24FNO5/c1-12(2)9-19(10-16(20)21)17(22)13-4-5-15(18)14(8-13)11-24-7-6-23-3/h4-5,8,12H,6-7,9-11H2,1-3H3,(H,20,21). The van der Waals surface area contributed by atoms with Crippen molar-refractivity contribution in [3.63, 3.8) is 0 Å². The van der Waals surface area contributed by atoms with Gasteiger partial charge in [0.1, 0.15) is 12.4 Å². The van der Waals surface area contributed by atoms with Gasteiger partial charge in [-0.15, -0.1) is 0 Å².